The van der Waals surface area contributed by atoms with Crippen molar-refractivity contribution in [3.05, 3.63) is 34.9 Å². The molecular formula is C14H17NO2. The fraction of sp³-hybridized carbons (Fsp3) is 0.500. The molecule has 0 aromatic heterocycles. The fourth-order valence-electron chi connectivity index (χ4n) is 3.41. The Morgan fingerprint density at radius 1 is 1.35 bits per heavy atom. The van der Waals surface area contributed by atoms with Gasteiger partial charge in [-0.25, -0.2) is 0 Å². The van der Waals surface area contributed by atoms with E-state index in [1.807, 2.05) is 12.1 Å². The maximum atomic E-state index is 11.6. The molecule has 0 radical (unpaired) electrons. The van der Waals surface area contributed by atoms with Gasteiger partial charge in [-0.15, -0.1) is 0 Å². The Bertz CT molecular complexity index is 475. The molecule has 1 fully saturated rings. The molecule has 0 saturated heterocycles. The van der Waals surface area contributed by atoms with Gasteiger partial charge in [-0.05, 0) is 48.8 Å². The van der Waals surface area contributed by atoms with Crippen LogP contribution >= 0.6 is 0 Å². The van der Waals surface area contributed by atoms with Gasteiger partial charge in [0.25, 0.3) is 0 Å². The van der Waals surface area contributed by atoms with E-state index in [1.54, 1.807) is 0 Å². The van der Waals surface area contributed by atoms with Crippen LogP contribution in [0.2, 0.25) is 0 Å². The molecule has 1 saturated carbocycles. The Hall–Kier alpha value is -1.35. The zero-order valence-electron chi connectivity index (χ0n) is 9.78. The number of hydrogen-bond donors (Lipinski definition) is 2. The molecule has 0 heterocycles. The van der Waals surface area contributed by atoms with Crippen LogP contribution < -0.4 is 5.73 Å². The number of benzene rings is 1. The second-order valence-electron chi connectivity index (χ2n) is 5.35. The van der Waals surface area contributed by atoms with Crippen molar-refractivity contribution >= 4 is 5.97 Å². The standard InChI is InChI=1S/C14H17NO2/c15-10-7-14(8-10,13(16)17)12-6-2-4-9-3-1-5-11(9)12/h2,4,6,10H,1,3,5,7-8,15H2,(H,16,17). The summed E-state index contributed by atoms with van der Waals surface area (Å²) >= 11 is 0. The van der Waals surface area contributed by atoms with Gasteiger partial charge in [-0.3, -0.25) is 4.79 Å². The SMILES string of the molecule is NC1CC(C(=O)O)(c2cccc3c2CCC3)C1. The summed E-state index contributed by atoms with van der Waals surface area (Å²) in [5.74, 6) is -0.709. The lowest BCUT2D eigenvalue weighted by molar-refractivity contribution is -0.148. The van der Waals surface area contributed by atoms with E-state index < -0.39 is 11.4 Å². The van der Waals surface area contributed by atoms with Crippen LogP contribution in [0.3, 0.4) is 0 Å². The molecule has 0 atom stereocenters. The fourth-order valence-corrected chi connectivity index (χ4v) is 3.41. The van der Waals surface area contributed by atoms with Gasteiger partial charge in [-0.2, -0.15) is 0 Å². The topological polar surface area (TPSA) is 63.3 Å². The number of carboxylic acids is 1. The average Bonchev–Trinajstić information content (AvgIpc) is 2.71. The van der Waals surface area contributed by atoms with Crippen molar-refractivity contribution in [1.29, 1.82) is 0 Å². The average molecular weight is 231 g/mol. The Morgan fingerprint density at radius 2 is 2.12 bits per heavy atom. The number of fused-ring (bicyclic) bond motifs is 1. The lowest BCUT2D eigenvalue weighted by Gasteiger charge is -2.44. The van der Waals surface area contributed by atoms with Crippen molar-refractivity contribution in [1.82, 2.24) is 0 Å². The monoisotopic (exact) mass is 231 g/mol. The molecule has 0 spiro atoms. The molecule has 3 heteroatoms. The quantitative estimate of drug-likeness (QED) is 0.813. The van der Waals surface area contributed by atoms with Crippen LogP contribution in [0.15, 0.2) is 18.2 Å². The summed E-state index contributed by atoms with van der Waals surface area (Å²) in [6.07, 6.45) is 4.42. The van der Waals surface area contributed by atoms with Crippen molar-refractivity contribution in [3.8, 4) is 0 Å². The molecule has 1 aromatic carbocycles. The number of nitrogens with two attached hydrogens (primary N) is 1. The second kappa shape index (κ2) is 3.57. The Kier molecular flexibility index (Phi) is 2.26. The van der Waals surface area contributed by atoms with Gasteiger partial charge in [0.15, 0.2) is 0 Å². The Labute approximate surface area is 101 Å². The summed E-state index contributed by atoms with van der Waals surface area (Å²) in [5, 5.41) is 9.53. The Balaban J connectivity index is 2.09. The molecule has 90 valence electrons. The van der Waals surface area contributed by atoms with Gasteiger partial charge in [0.1, 0.15) is 0 Å². The minimum Gasteiger partial charge on any atom is -0.481 e. The highest BCUT2D eigenvalue weighted by molar-refractivity contribution is 5.84. The van der Waals surface area contributed by atoms with E-state index >= 15 is 0 Å². The van der Waals surface area contributed by atoms with E-state index in [-0.39, 0.29) is 6.04 Å². The van der Waals surface area contributed by atoms with Crippen molar-refractivity contribution in [2.24, 2.45) is 5.73 Å². The molecule has 0 unspecified atom stereocenters. The van der Waals surface area contributed by atoms with Crippen molar-refractivity contribution in [2.75, 3.05) is 0 Å². The highest BCUT2D eigenvalue weighted by Crippen LogP contribution is 2.46. The van der Waals surface area contributed by atoms with Crippen LogP contribution in [-0.2, 0) is 23.1 Å². The first kappa shape index (κ1) is 10.8. The molecule has 3 nitrogen and oxygen atoms in total. The maximum absolute atomic E-state index is 11.6. The van der Waals surface area contributed by atoms with E-state index in [1.165, 1.54) is 11.1 Å². The van der Waals surface area contributed by atoms with Gasteiger partial charge in [0, 0.05) is 6.04 Å². The minimum absolute atomic E-state index is 0.0448. The number of carboxylic acid groups (broad SMARTS) is 1. The highest BCUT2D eigenvalue weighted by atomic mass is 16.4. The molecule has 0 aliphatic heterocycles. The van der Waals surface area contributed by atoms with Crippen LogP contribution in [0.25, 0.3) is 0 Å². The second-order valence-corrected chi connectivity index (χ2v) is 5.35. The van der Waals surface area contributed by atoms with Crippen LogP contribution in [0.5, 0.6) is 0 Å². The molecule has 0 bridgehead atoms. The number of rotatable bonds is 2. The number of aliphatic carboxylic acids is 1. The predicted octanol–water partition coefficient (Wildman–Crippen LogP) is 1.62. The normalized spacial score (nSPS) is 30.8. The van der Waals surface area contributed by atoms with Crippen LogP contribution in [0, 0.1) is 0 Å². The maximum Gasteiger partial charge on any atom is 0.314 e. The van der Waals surface area contributed by atoms with Crippen LogP contribution in [0.4, 0.5) is 0 Å². The summed E-state index contributed by atoms with van der Waals surface area (Å²) in [6, 6.07) is 6.15. The van der Waals surface area contributed by atoms with Crippen LogP contribution in [-0.4, -0.2) is 17.1 Å². The predicted molar refractivity (Wildman–Crippen MR) is 65.0 cm³/mol. The van der Waals surface area contributed by atoms with Crippen molar-refractivity contribution in [2.45, 2.75) is 43.6 Å². The summed E-state index contributed by atoms with van der Waals surface area (Å²) in [5.41, 5.74) is 8.76. The molecular weight excluding hydrogens is 214 g/mol. The van der Waals surface area contributed by atoms with E-state index in [2.05, 4.69) is 6.07 Å². The van der Waals surface area contributed by atoms with Gasteiger partial charge in [0.2, 0.25) is 0 Å². The molecule has 0 amide bonds. The highest BCUT2D eigenvalue weighted by Gasteiger charge is 2.51. The van der Waals surface area contributed by atoms with Crippen molar-refractivity contribution < 1.29 is 9.90 Å². The summed E-state index contributed by atoms with van der Waals surface area (Å²) in [4.78, 5) is 11.6. The third-order valence-corrected chi connectivity index (χ3v) is 4.29. The third-order valence-electron chi connectivity index (χ3n) is 4.29. The number of aryl methyl sites for hydroxylation is 1. The van der Waals surface area contributed by atoms with E-state index in [4.69, 9.17) is 5.73 Å². The smallest absolute Gasteiger partial charge is 0.314 e. The van der Waals surface area contributed by atoms with Gasteiger partial charge in [-0.1, -0.05) is 18.2 Å². The first-order valence-electron chi connectivity index (χ1n) is 6.24. The zero-order valence-corrected chi connectivity index (χ0v) is 9.78. The molecule has 2 aliphatic rings. The zero-order chi connectivity index (χ0) is 12.0. The van der Waals surface area contributed by atoms with Crippen molar-refractivity contribution in [3.63, 3.8) is 0 Å². The van der Waals surface area contributed by atoms with E-state index in [0.717, 1.165) is 24.8 Å². The van der Waals surface area contributed by atoms with E-state index in [9.17, 15) is 9.90 Å². The summed E-state index contributed by atoms with van der Waals surface area (Å²) < 4.78 is 0. The van der Waals surface area contributed by atoms with Gasteiger partial charge < -0.3 is 10.8 Å². The molecule has 1 aromatic rings. The number of hydrogen-bond acceptors (Lipinski definition) is 2. The first-order valence-corrected chi connectivity index (χ1v) is 6.24. The molecule has 3 rings (SSSR count). The Morgan fingerprint density at radius 3 is 2.76 bits per heavy atom. The lowest BCUT2D eigenvalue weighted by atomic mass is 9.60. The summed E-state index contributed by atoms with van der Waals surface area (Å²) in [6.45, 7) is 0. The molecule has 2 aliphatic carbocycles. The van der Waals surface area contributed by atoms with E-state index in [0.29, 0.717) is 12.8 Å². The largest absolute Gasteiger partial charge is 0.481 e. The van der Waals surface area contributed by atoms with Gasteiger partial charge >= 0.3 is 5.97 Å². The molecule has 3 N–H and O–H groups in total. The van der Waals surface area contributed by atoms with Crippen LogP contribution in [0.1, 0.15) is 36.0 Å². The molecule has 17 heavy (non-hydrogen) atoms. The lowest BCUT2D eigenvalue weighted by Crippen LogP contribution is -2.54. The summed E-state index contributed by atoms with van der Waals surface area (Å²) in [7, 11) is 0. The first-order chi connectivity index (χ1) is 8.13. The third kappa shape index (κ3) is 1.42. The van der Waals surface area contributed by atoms with Gasteiger partial charge in [0.05, 0.1) is 5.41 Å². The minimum atomic E-state index is -0.709. The number of carbonyl (C=O) groups is 1.